The summed E-state index contributed by atoms with van der Waals surface area (Å²) in [5.41, 5.74) is 0.242. The van der Waals surface area contributed by atoms with E-state index in [0.29, 0.717) is 0 Å². The lowest BCUT2D eigenvalue weighted by molar-refractivity contribution is -0.249. The topological polar surface area (TPSA) is 51.2 Å². The zero-order valence-corrected chi connectivity index (χ0v) is 15.4. The van der Waals surface area contributed by atoms with Crippen LogP contribution in [0.15, 0.2) is 24.3 Å². The molecule has 1 heterocycles. The van der Waals surface area contributed by atoms with Crippen LogP contribution in [0.4, 0.5) is 13.3 Å². The number of carbonyl (C=O) groups excluding carboxylic acids is 1. The molecule has 0 bridgehead atoms. The molecule has 1 aliphatic rings. The van der Waals surface area contributed by atoms with Gasteiger partial charge >= 0.3 is 12.6 Å². The first-order valence-corrected chi connectivity index (χ1v) is 8.31. The molecule has 0 aromatic heterocycles. The smallest absolute Gasteiger partial charge is 0.346 e. The van der Waals surface area contributed by atoms with Crippen molar-refractivity contribution in [3.05, 3.63) is 29.8 Å². The molecule has 1 saturated heterocycles. The van der Waals surface area contributed by atoms with Gasteiger partial charge in [0.25, 0.3) is 0 Å². The number of nitrogens with zero attached hydrogens (tertiary/aromatic N) is 2. The highest BCUT2D eigenvalue weighted by Crippen LogP contribution is 2.51. The predicted octanol–water partition coefficient (Wildman–Crippen LogP) is 3.46. The quantitative estimate of drug-likeness (QED) is 0.385. The maximum absolute atomic E-state index is 14.6. The van der Waals surface area contributed by atoms with Gasteiger partial charge in [0.15, 0.2) is 17.2 Å². The van der Waals surface area contributed by atoms with Gasteiger partial charge in [0.2, 0.25) is 0 Å². The van der Waals surface area contributed by atoms with E-state index < -0.39 is 29.2 Å². The molecule has 2 atom stereocenters. The minimum Gasteiger partial charge on any atom is -0.482 e. The number of benzene rings is 1. The monoisotopic (exact) mass is 416 g/mol. The number of alkyl halides is 4. The van der Waals surface area contributed by atoms with E-state index in [0.717, 1.165) is 5.01 Å². The van der Waals surface area contributed by atoms with Gasteiger partial charge < -0.3 is 9.47 Å². The SMILES string of the molecule is CCOC(=O)COc1cccc(C2N(F)N(C)C(OC(F)F)C2(Cl)Cl)c1. The molecule has 0 spiro atoms. The molecule has 0 N–H and O–H groups in total. The first-order chi connectivity index (χ1) is 12.2. The number of hydrogen-bond acceptors (Lipinski definition) is 6. The maximum atomic E-state index is 14.6. The van der Waals surface area contributed by atoms with Crippen LogP contribution in [0.25, 0.3) is 0 Å². The zero-order chi connectivity index (χ0) is 19.5. The van der Waals surface area contributed by atoms with E-state index in [-0.39, 0.29) is 29.8 Å². The molecule has 0 saturated carbocycles. The Hall–Kier alpha value is -1.26. The average molecular weight is 417 g/mol. The van der Waals surface area contributed by atoms with E-state index in [2.05, 4.69) is 4.74 Å². The molecule has 11 heteroatoms. The fourth-order valence-corrected chi connectivity index (χ4v) is 3.35. The first-order valence-electron chi connectivity index (χ1n) is 7.56. The highest BCUT2D eigenvalue weighted by atomic mass is 35.5. The highest BCUT2D eigenvalue weighted by molar-refractivity contribution is 6.49. The van der Waals surface area contributed by atoms with E-state index >= 15 is 0 Å². The third kappa shape index (κ3) is 4.52. The summed E-state index contributed by atoms with van der Waals surface area (Å²) in [7, 11) is 1.17. The van der Waals surface area contributed by atoms with Crippen molar-refractivity contribution < 1.29 is 32.3 Å². The minimum absolute atomic E-state index is 0.109. The molecular formula is C15H17Cl2F3N2O4. The van der Waals surface area contributed by atoms with Crippen LogP contribution in [0.3, 0.4) is 0 Å². The second-order valence-corrected chi connectivity index (χ2v) is 6.80. The van der Waals surface area contributed by atoms with Crippen LogP contribution >= 0.6 is 23.2 Å². The molecule has 6 nitrogen and oxygen atoms in total. The molecule has 1 aromatic carbocycles. The fraction of sp³-hybridized carbons (Fsp3) is 0.533. The average Bonchev–Trinajstić information content (AvgIpc) is 2.73. The van der Waals surface area contributed by atoms with Crippen LogP contribution in [-0.2, 0) is 14.3 Å². The second-order valence-electron chi connectivity index (χ2n) is 5.35. The Labute approximate surface area is 158 Å². The van der Waals surface area contributed by atoms with Crippen LogP contribution in [0.5, 0.6) is 5.75 Å². The number of hydrogen-bond donors (Lipinski definition) is 0. The predicted molar refractivity (Wildman–Crippen MR) is 87.3 cm³/mol. The Morgan fingerprint density at radius 2 is 2.08 bits per heavy atom. The molecular weight excluding hydrogens is 400 g/mol. The molecule has 0 amide bonds. The van der Waals surface area contributed by atoms with Gasteiger partial charge in [-0.05, 0) is 24.6 Å². The van der Waals surface area contributed by atoms with E-state index in [4.69, 9.17) is 32.7 Å². The Morgan fingerprint density at radius 1 is 1.38 bits per heavy atom. The van der Waals surface area contributed by atoms with Crippen LogP contribution in [-0.4, -0.2) is 53.6 Å². The van der Waals surface area contributed by atoms with Crippen LogP contribution in [0.1, 0.15) is 18.5 Å². The van der Waals surface area contributed by atoms with E-state index in [1.165, 1.54) is 31.3 Å². The van der Waals surface area contributed by atoms with Gasteiger partial charge in [-0.15, -0.1) is 4.48 Å². The van der Waals surface area contributed by atoms with Crippen LogP contribution in [0, 0.1) is 0 Å². The molecule has 0 radical (unpaired) electrons. The lowest BCUT2D eigenvalue weighted by atomic mass is 10.0. The molecule has 1 aromatic rings. The van der Waals surface area contributed by atoms with Gasteiger partial charge in [-0.3, -0.25) is 4.74 Å². The molecule has 1 fully saturated rings. The normalized spacial score (nSPS) is 23.4. The van der Waals surface area contributed by atoms with Gasteiger partial charge in [0.05, 0.1) is 6.61 Å². The van der Waals surface area contributed by atoms with Gasteiger partial charge in [0, 0.05) is 7.05 Å². The summed E-state index contributed by atoms with van der Waals surface area (Å²) in [5, 5.41) is 0.848. The Balaban J connectivity index is 2.21. The van der Waals surface area contributed by atoms with Gasteiger partial charge in [-0.2, -0.15) is 13.8 Å². The molecule has 146 valence electrons. The van der Waals surface area contributed by atoms with Crippen molar-refractivity contribution in [3.8, 4) is 5.75 Å². The fourth-order valence-electron chi connectivity index (χ4n) is 2.55. The van der Waals surface area contributed by atoms with Crippen molar-refractivity contribution in [2.45, 2.75) is 30.1 Å². The number of carbonyl (C=O) groups is 1. The van der Waals surface area contributed by atoms with Crippen molar-refractivity contribution in [3.63, 3.8) is 0 Å². The van der Waals surface area contributed by atoms with Gasteiger partial charge in [0.1, 0.15) is 11.8 Å². The third-order valence-corrected chi connectivity index (χ3v) is 4.40. The Bertz CT molecular complexity index is 639. The highest BCUT2D eigenvalue weighted by Gasteiger charge is 2.59. The summed E-state index contributed by atoms with van der Waals surface area (Å²) >= 11 is 12.3. The first kappa shape index (κ1) is 21.0. The Morgan fingerprint density at radius 3 is 2.69 bits per heavy atom. The third-order valence-electron chi connectivity index (χ3n) is 3.62. The molecule has 0 aliphatic carbocycles. The van der Waals surface area contributed by atoms with Crippen molar-refractivity contribution >= 4 is 29.2 Å². The lowest BCUT2D eigenvalue weighted by Crippen LogP contribution is -2.41. The van der Waals surface area contributed by atoms with Crippen LogP contribution < -0.4 is 4.74 Å². The van der Waals surface area contributed by atoms with E-state index in [9.17, 15) is 18.1 Å². The standard InChI is InChI=1S/C15H17Cl2F3N2O4/c1-3-24-11(23)8-25-10-6-4-5-9(7-10)12-15(16,17)13(26-14(18)19)21(2)22(12)20/h4-7,12-14H,3,8H2,1-2H3. The molecule has 2 unspecified atom stereocenters. The molecule has 1 aliphatic heterocycles. The largest absolute Gasteiger partial charge is 0.482 e. The van der Waals surface area contributed by atoms with Crippen molar-refractivity contribution in [1.82, 2.24) is 10.2 Å². The number of halogens is 5. The summed E-state index contributed by atoms with van der Waals surface area (Å²) in [6.07, 6.45) is -1.62. The number of ether oxygens (including phenoxy) is 3. The lowest BCUT2D eigenvalue weighted by Gasteiger charge is -2.26. The Kier molecular flexibility index (Phi) is 6.98. The second kappa shape index (κ2) is 8.62. The molecule has 26 heavy (non-hydrogen) atoms. The summed E-state index contributed by atoms with van der Waals surface area (Å²) < 4.78 is 52.1. The summed E-state index contributed by atoms with van der Waals surface area (Å²) in [4.78, 5) is 11.3. The zero-order valence-electron chi connectivity index (χ0n) is 13.9. The van der Waals surface area contributed by atoms with Crippen LogP contribution in [0.2, 0.25) is 0 Å². The minimum atomic E-state index is -3.19. The summed E-state index contributed by atoms with van der Waals surface area (Å²) in [6.45, 7) is -1.67. The van der Waals surface area contributed by atoms with Gasteiger partial charge in [-0.25, -0.2) is 4.79 Å². The van der Waals surface area contributed by atoms with Gasteiger partial charge in [-0.1, -0.05) is 40.6 Å². The van der Waals surface area contributed by atoms with E-state index in [1.54, 1.807) is 6.92 Å². The summed E-state index contributed by atoms with van der Waals surface area (Å²) in [5.74, 6) is -0.339. The van der Waals surface area contributed by atoms with Crippen molar-refractivity contribution in [2.75, 3.05) is 20.3 Å². The number of rotatable bonds is 7. The maximum Gasteiger partial charge on any atom is 0.346 e. The number of esters is 1. The van der Waals surface area contributed by atoms with Crippen molar-refractivity contribution in [2.24, 2.45) is 0 Å². The molecule has 2 rings (SSSR count). The summed E-state index contributed by atoms with van der Waals surface area (Å²) in [6, 6.07) is 4.60. The van der Waals surface area contributed by atoms with E-state index in [1.807, 2.05) is 0 Å². The van der Waals surface area contributed by atoms with Crippen molar-refractivity contribution in [1.29, 1.82) is 0 Å². The number of hydrazine groups is 1.